The van der Waals surface area contributed by atoms with Crippen molar-refractivity contribution >= 4 is 23.5 Å². The number of ketones is 1. The molecule has 3 rings (SSSR count). The van der Waals surface area contributed by atoms with E-state index in [4.69, 9.17) is 9.47 Å². The summed E-state index contributed by atoms with van der Waals surface area (Å²) in [7, 11) is 0. The molecule has 1 heterocycles. The molecule has 1 saturated heterocycles. The maximum atomic E-state index is 13.2. The van der Waals surface area contributed by atoms with Crippen molar-refractivity contribution in [2.45, 2.75) is 58.0 Å². The number of nitrogens with one attached hydrogen (secondary N) is 1. The second kappa shape index (κ2) is 11.4. The van der Waals surface area contributed by atoms with Crippen LogP contribution in [0.1, 0.15) is 54.2 Å². The number of aryl methyl sites for hydroxylation is 3. The highest BCUT2D eigenvalue weighted by Crippen LogP contribution is 2.31. The van der Waals surface area contributed by atoms with Gasteiger partial charge in [0.15, 0.2) is 11.4 Å². The summed E-state index contributed by atoms with van der Waals surface area (Å²) >= 11 is 1.68. The summed E-state index contributed by atoms with van der Waals surface area (Å²) in [4.78, 5) is 26.6. The third kappa shape index (κ3) is 6.22. The van der Waals surface area contributed by atoms with Crippen molar-refractivity contribution in [3.05, 3.63) is 58.7 Å². The Kier molecular flexibility index (Phi) is 8.83. The zero-order chi connectivity index (χ0) is 24.9. The van der Waals surface area contributed by atoms with Gasteiger partial charge in [-0.1, -0.05) is 24.3 Å². The molecule has 0 radical (unpaired) electrons. The molecular formula is C28H37NO4S. The van der Waals surface area contributed by atoms with Gasteiger partial charge in [-0.3, -0.25) is 4.79 Å². The van der Waals surface area contributed by atoms with Crippen molar-refractivity contribution in [3.63, 3.8) is 0 Å². The lowest BCUT2D eigenvalue weighted by molar-refractivity contribution is -0.158. The van der Waals surface area contributed by atoms with Gasteiger partial charge in [-0.2, -0.15) is 0 Å². The molecule has 2 unspecified atom stereocenters. The standard InChI is InChI=1S/C28H37NO4S/c1-7-32-27(31)28(4,5)33-26-18(2)14-20(15-19(26)3)8-9-22-16-29-17-24(22)25(30)21-10-12-23(34-6)13-11-21/h10-15,22,24,29H,7-9,16-17H2,1-6H3. The van der Waals surface area contributed by atoms with Gasteiger partial charge in [0, 0.05) is 22.9 Å². The lowest BCUT2D eigenvalue weighted by Gasteiger charge is -2.26. The number of rotatable bonds is 10. The Morgan fingerprint density at radius 1 is 1.09 bits per heavy atom. The van der Waals surface area contributed by atoms with Gasteiger partial charge in [-0.25, -0.2) is 4.79 Å². The van der Waals surface area contributed by atoms with Crippen molar-refractivity contribution in [3.8, 4) is 5.75 Å². The SMILES string of the molecule is CCOC(=O)C(C)(C)Oc1c(C)cc(CCC2CNCC2C(=O)c2ccc(SC)cc2)cc1C. The van der Waals surface area contributed by atoms with Crippen LogP contribution in [-0.2, 0) is 16.0 Å². The van der Waals surface area contributed by atoms with Crippen molar-refractivity contribution < 1.29 is 19.1 Å². The summed E-state index contributed by atoms with van der Waals surface area (Å²) in [6.45, 7) is 11.2. The lowest BCUT2D eigenvalue weighted by atomic mass is 9.84. The highest BCUT2D eigenvalue weighted by Gasteiger charge is 2.34. The van der Waals surface area contributed by atoms with E-state index < -0.39 is 5.60 Å². The average molecular weight is 484 g/mol. The topological polar surface area (TPSA) is 64.6 Å². The van der Waals surface area contributed by atoms with E-state index in [1.54, 1.807) is 32.5 Å². The quantitative estimate of drug-likeness (QED) is 0.277. The van der Waals surface area contributed by atoms with Crippen LogP contribution in [0.3, 0.4) is 0 Å². The highest BCUT2D eigenvalue weighted by atomic mass is 32.2. The molecule has 1 fully saturated rings. The summed E-state index contributed by atoms with van der Waals surface area (Å²) in [5.74, 6) is 0.916. The number of carbonyl (C=O) groups is 2. The van der Waals surface area contributed by atoms with Gasteiger partial charge >= 0.3 is 5.97 Å². The minimum atomic E-state index is -1.05. The normalized spacial score (nSPS) is 18.1. The van der Waals surface area contributed by atoms with Gasteiger partial charge < -0.3 is 14.8 Å². The van der Waals surface area contributed by atoms with Gasteiger partial charge in [0.1, 0.15) is 5.75 Å². The number of benzene rings is 2. The summed E-state index contributed by atoms with van der Waals surface area (Å²) in [5, 5.41) is 3.42. The molecule has 184 valence electrons. The lowest BCUT2D eigenvalue weighted by Crippen LogP contribution is -2.40. The fourth-order valence-corrected chi connectivity index (χ4v) is 5.02. The van der Waals surface area contributed by atoms with Crippen LogP contribution in [0, 0.1) is 25.7 Å². The van der Waals surface area contributed by atoms with Gasteiger partial charge in [-0.15, -0.1) is 11.8 Å². The van der Waals surface area contributed by atoms with E-state index >= 15 is 0 Å². The molecular weight excluding hydrogens is 446 g/mol. The van der Waals surface area contributed by atoms with Crippen molar-refractivity contribution in [2.75, 3.05) is 26.0 Å². The Labute approximate surface area is 208 Å². The molecule has 0 aromatic heterocycles. The summed E-state index contributed by atoms with van der Waals surface area (Å²) in [6, 6.07) is 12.2. The van der Waals surface area contributed by atoms with Crippen LogP contribution in [0.25, 0.3) is 0 Å². The molecule has 0 spiro atoms. The summed E-state index contributed by atoms with van der Waals surface area (Å²) in [6.07, 6.45) is 3.88. The first kappa shape index (κ1) is 26.3. The van der Waals surface area contributed by atoms with Crippen LogP contribution in [0.15, 0.2) is 41.3 Å². The van der Waals surface area contributed by atoms with E-state index in [9.17, 15) is 9.59 Å². The third-order valence-corrected chi connectivity index (χ3v) is 7.24. The summed E-state index contributed by atoms with van der Waals surface area (Å²) < 4.78 is 11.2. The maximum Gasteiger partial charge on any atom is 0.349 e. The molecule has 2 aromatic rings. The van der Waals surface area contributed by atoms with Crippen LogP contribution >= 0.6 is 11.8 Å². The van der Waals surface area contributed by atoms with Crippen LogP contribution in [0.5, 0.6) is 5.75 Å². The zero-order valence-corrected chi connectivity index (χ0v) is 22.0. The predicted octanol–water partition coefficient (Wildman–Crippen LogP) is 5.40. The van der Waals surface area contributed by atoms with Gasteiger partial charge in [0.25, 0.3) is 0 Å². The number of ether oxygens (including phenoxy) is 2. The maximum absolute atomic E-state index is 13.2. The number of carbonyl (C=O) groups excluding carboxylic acids is 2. The molecule has 2 aromatic carbocycles. The number of thioether (sulfide) groups is 1. The van der Waals surface area contributed by atoms with Crippen LogP contribution in [0.2, 0.25) is 0 Å². The third-order valence-electron chi connectivity index (χ3n) is 6.50. The Morgan fingerprint density at radius 2 is 1.74 bits per heavy atom. The largest absolute Gasteiger partial charge is 0.476 e. The van der Waals surface area contributed by atoms with Crippen LogP contribution < -0.4 is 10.1 Å². The number of esters is 1. The Hall–Kier alpha value is -2.31. The molecule has 0 aliphatic carbocycles. The van der Waals surface area contributed by atoms with E-state index in [0.29, 0.717) is 12.5 Å². The minimum absolute atomic E-state index is 0.00954. The fourth-order valence-electron chi connectivity index (χ4n) is 4.61. The van der Waals surface area contributed by atoms with Gasteiger partial charge in [0.2, 0.25) is 0 Å². The Morgan fingerprint density at radius 3 is 2.32 bits per heavy atom. The van der Waals surface area contributed by atoms with Crippen molar-refractivity contribution in [1.82, 2.24) is 5.32 Å². The summed E-state index contributed by atoms with van der Waals surface area (Å²) in [5.41, 5.74) is 2.97. The zero-order valence-electron chi connectivity index (χ0n) is 21.2. The molecule has 2 atom stereocenters. The molecule has 1 aliphatic heterocycles. The Bertz CT molecular complexity index is 993. The predicted molar refractivity (Wildman–Crippen MR) is 138 cm³/mol. The molecule has 1 aliphatic rings. The van der Waals surface area contributed by atoms with E-state index in [1.165, 1.54) is 10.5 Å². The average Bonchev–Trinajstić information content (AvgIpc) is 3.28. The molecule has 5 nitrogen and oxygen atoms in total. The monoisotopic (exact) mass is 483 g/mol. The Balaban J connectivity index is 1.66. The van der Waals surface area contributed by atoms with Gasteiger partial charge in [0.05, 0.1) is 6.61 Å². The van der Waals surface area contributed by atoms with Crippen LogP contribution in [-0.4, -0.2) is 43.3 Å². The first-order chi connectivity index (χ1) is 16.2. The number of hydrogen-bond donors (Lipinski definition) is 1. The van der Waals surface area contributed by atoms with E-state index in [-0.39, 0.29) is 17.7 Å². The molecule has 0 amide bonds. The minimum Gasteiger partial charge on any atom is -0.476 e. The second-order valence-corrected chi connectivity index (χ2v) is 10.4. The van der Waals surface area contributed by atoms with Crippen molar-refractivity contribution in [1.29, 1.82) is 0 Å². The van der Waals surface area contributed by atoms with Gasteiger partial charge in [-0.05, 0) is 95.0 Å². The van der Waals surface area contributed by atoms with E-state index in [1.807, 2.05) is 44.4 Å². The van der Waals surface area contributed by atoms with Crippen molar-refractivity contribution in [2.24, 2.45) is 11.8 Å². The fraction of sp³-hybridized carbons (Fsp3) is 0.500. The van der Waals surface area contributed by atoms with E-state index in [2.05, 4.69) is 17.4 Å². The molecule has 1 N–H and O–H groups in total. The number of hydrogen-bond acceptors (Lipinski definition) is 6. The molecule has 34 heavy (non-hydrogen) atoms. The smallest absolute Gasteiger partial charge is 0.349 e. The molecule has 6 heteroatoms. The number of Topliss-reactive ketones (excluding diaryl/α,β-unsaturated/α-hetero) is 1. The highest BCUT2D eigenvalue weighted by molar-refractivity contribution is 7.98. The molecule has 0 saturated carbocycles. The first-order valence-corrected chi connectivity index (χ1v) is 13.2. The second-order valence-electron chi connectivity index (χ2n) is 9.55. The first-order valence-electron chi connectivity index (χ1n) is 12.0. The molecule has 0 bridgehead atoms. The van der Waals surface area contributed by atoms with Crippen LogP contribution in [0.4, 0.5) is 0 Å². The van der Waals surface area contributed by atoms with E-state index in [0.717, 1.165) is 48.4 Å².